The normalized spacial score (nSPS) is 16.0. The first-order valence-corrected chi connectivity index (χ1v) is 12.5. The molecule has 1 aliphatic carbocycles. The number of thioether (sulfide) groups is 1. The third-order valence-corrected chi connectivity index (χ3v) is 8.47. The van der Waals surface area contributed by atoms with Gasteiger partial charge in [0.15, 0.2) is 4.34 Å². The summed E-state index contributed by atoms with van der Waals surface area (Å²) in [6.07, 6.45) is 3.18. The molecule has 3 heterocycles. The summed E-state index contributed by atoms with van der Waals surface area (Å²) in [4.78, 5) is 22.7. The number of nitrogens with zero attached hydrogens (tertiary/aromatic N) is 3. The average Bonchev–Trinajstić information content (AvgIpc) is 3.31. The number of H-pyrrole nitrogens is 1. The van der Waals surface area contributed by atoms with Gasteiger partial charge < -0.3 is 10.3 Å². The zero-order valence-electron chi connectivity index (χ0n) is 16.7. The molecule has 1 unspecified atom stereocenters. The Hall–Kier alpha value is -2.23. The van der Waals surface area contributed by atoms with Gasteiger partial charge in [0.2, 0.25) is 5.13 Å². The van der Waals surface area contributed by atoms with E-state index in [9.17, 15) is 4.79 Å². The van der Waals surface area contributed by atoms with Crippen molar-refractivity contribution in [3.63, 3.8) is 0 Å². The minimum atomic E-state index is -0.0122. The second-order valence-electron chi connectivity index (χ2n) is 7.65. The van der Waals surface area contributed by atoms with E-state index in [0.29, 0.717) is 17.5 Å². The number of nitrogens with one attached hydrogen (secondary N) is 2. The number of benzene rings is 1. The fraction of sp³-hybridized carbons (Fsp3) is 0.333. The molecule has 6 nitrogen and oxygen atoms in total. The van der Waals surface area contributed by atoms with Crippen LogP contribution in [0, 0.1) is 12.8 Å². The van der Waals surface area contributed by atoms with Crippen LogP contribution in [0.2, 0.25) is 0 Å². The van der Waals surface area contributed by atoms with E-state index < -0.39 is 0 Å². The summed E-state index contributed by atoms with van der Waals surface area (Å²) in [5.74, 6) is 1.93. The molecule has 0 bridgehead atoms. The van der Waals surface area contributed by atoms with Crippen LogP contribution < -0.4 is 10.9 Å². The van der Waals surface area contributed by atoms with Gasteiger partial charge >= 0.3 is 0 Å². The van der Waals surface area contributed by atoms with E-state index in [0.717, 1.165) is 50.2 Å². The Labute approximate surface area is 186 Å². The summed E-state index contributed by atoms with van der Waals surface area (Å²) in [5.41, 5.74) is 3.39. The number of rotatable bonds is 5. The quantitative estimate of drug-likeness (QED) is 0.397. The lowest BCUT2D eigenvalue weighted by Gasteiger charge is -2.17. The molecule has 0 fully saturated rings. The summed E-state index contributed by atoms with van der Waals surface area (Å²) < 4.78 is 0.841. The highest BCUT2D eigenvalue weighted by Gasteiger charge is 2.23. The highest BCUT2D eigenvalue weighted by atomic mass is 32.2. The molecule has 154 valence electrons. The molecule has 0 saturated heterocycles. The van der Waals surface area contributed by atoms with Crippen LogP contribution in [0.1, 0.15) is 35.2 Å². The lowest BCUT2D eigenvalue weighted by Crippen LogP contribution is -2.14. The summed E-state index contributed by atoms with van der Waals surface area (Å²) in [7, 11) is 0. The largest absolute Gasteiger partial charge is 0.330 e. The van der Waals surface area contributed by atoms with Crippen molar-refractivity contribution in [1.82, 2.24) is 20.2 Å². The number of para-hydroxylation sites is 1. The van der Waals surface area contributed by atoms with Crippen LogP contribution in [0.3, 0.4) is 0 Å². The lowest BCUT2D eigenvalue weighted by molar-refractivity contribution is 0.509. The molecule has 0 radical (unpaired) electrons. The number of aryl methyl sites for hydroxylation is 2. The standard InChI is InChI=1S/C21H21N5OS3/c1-11-7-8-13-15(9-11)29-19-17(13)18(27)23-16(24-19)10-28-21-26-25-20(30-21)22-14-6-4-3-5-12(14)2/h3-6,11H,7-10H2,1-2H3,(H,22,25)(H,23,24,27). The Kier molecular flexibility index (Phi) is 5.34. The van der Waals surface area contributed by atoms with Crippen molar-refractivity contribution in [1.29, 1.82) is 0 Å². The number of thiophene rings is 1. The summed E-state index contributed by atoms with van der Waals surface area (Å²) in [6, 6.07) is 8.08. The Morgan fingerprint density at radius 3 is 3.00 bits per heavy atom. The van der Waals surface area contributed by atoms with Gasteiger partial charge in [0.1, 0.15) is 10.7 Å². The van der Waals surface area contributed by atoms with Crippen LogP contribution in [-0.2, 0) is 18.6 Å². The van der Waals surface area contributed by atoms with Crippen LogP contribution in [0.25, 0.3) is 10.2 Å². The van der Waals surface area contributed by atoms with E-state index in [4.69, 9.17) is 4.98 Å². The molecule has 3 aromatic heterocycles. The fourth-order valence-electron chi connectivity index (χ4n) is 3.74. The van der Waals surface area contributed by atoms with Crippen molar-refractivity contribution in [2.24, 2.45) is 5.92 Å². The molecular weight excluding hydrogens is 434 g/mol. The molecule has 30 heavy (non-hydrogen) atoms. The van der Waals surface area contributed by atoms with E-state index in [1.54, 1.807) is 11.3 Å². The van der Waals surface area contributed by atoms with Gasteiger partial charge in [0, 0.05) is 10.6 Å². The molecule has 4 aromatic rings. The highest BCUT2D eigenvalue weighted by molar-refractivity contribution is 8.00. The SMILES string of the molecule is Cc1ccccc1Nc1nnc(SCc2nc3sc4c(c3c(=O)[nH]2)CCC(C)C4)s1. The number of anilines is 2. The van der Waals surface area contributed by atoms with Crippen molar-refractivity contribution < 1.29 is 0 Å². The zero-order chi connectivity index (χ0) is 20.7. The van der Waals surface area contributed by atoms with Crippen molar-refractivity contribution in [3.8, 4) is 0 Å². The zero-order valence-corrected chi connectivity index (χ0v) is 19.1. The molecule has 9 heteroatoms. The molecule has 1 aromatic carbocycles. The van der Waals surface area contributed by atoms with Gasteiger partial charge in [0.05, 0.1) is 11.1 Å². The number of aromatic amines is 1. The van der Waals surface area contributed by atoms with Gasteiger partial charge in [-0.2, -0.15) is 0 Å². The first-order chi connectivity index (χ1) is 14.6. The van der Waals surface area contributed by atoms with E-state index >= 15 is 0 Å². The van der Waals surface area contributed by atoms with Gasteiger partial charge in [-0.1, -0.05) is 48.2 Å². The molecule has 0 amide bonds. The Morgan fingerprint density at radius 1 is 1.27 bits per heavy atom. The molecule has 2 N–H and O–H groups in total. The van der Waals surface area contributed by atoms with Gasteiger partial charge in [-0.15, -0.1) is 21.5 Å². The molecule has 0 spiro atoms. The van der Waals surface area contributed by atoms with Gasteiger partial charge in [0.25, 0.3) is 5.56 Å². The van der Waals surface area contributed by atoms with Crippen LogP contribution in [0.15, 0.2) is 33.4 Å². The average molecular weight is 456 g/mol. The maximum absolute atomic E-state index is 12.7. The molecular formula is C21H21N5OS3. The molecule has 0 saturated carbocycles. The lowest BCUT2D eigenvalue weighted by atomic mass is 9.89. The van der Waals surface area contributed by atoms with Crippen molar-refractivity contribution in [2.45, 2.75) is 43.2 Å². The van der Waals surface area contributed by atoms with Crippen molar-refractivity contribution >= 4 is 55.5 Å². The fourth-order valence-corrected chi connectivity index (χ4v) is 6.78. The van der Waals surface area contributed by atoms with Crippen LogP contribution in [-0.4, -0.2) is 20.2 Å². The summed E-state index contributed by atoms with van der Waals surface area (Å²) >= 11 is 4.72. The topological polar surface area (TPSA) is 83.6 Å². The third kappa shape index (κ3) is 3.89. The smallest absolute Gasteiger partial charge is 0.259 e. The van der Waals surface area contributed by atoms with E-state index in [1.807, 2.05) is 18.2 Å². The highest BCUT2D eigenvalue weighted by Crippen LogP contribution is 2.36. The van der Waals surface area contributed by atoms with Crippen molar-refractivity contribution in [2.75, 3.05) is 5.32 Å². The van der Waals surface area contributed by atoms with Gasteiger partial charge in [-0.3, -0.25) is 4.79 Å². The van der Waals surface area contributed by atoms with Crippen LogP contribution >= 0.6 is 34.4 Å². The third-order valence-electron chi connectivity index (χ3n) is 5.34. The number of aromatic nitrogens is 4. The first-order valence-electron chi connectivity index (χ1n) is 9.89. The Morgan fingerprint density at radius 2 is 2.13 bits per heavy atom. The Balaban J connectivity index is 1.32. The maximum Gasteiger partial charge on any atom is 0.259 e. The number of hydrogen-bond donors (Lipinski definition) is 2. The van der Waals surface area contributed by atoms with E-state index in [-0.39, 0.29) is 5.56 Å². The number of hydrogen-bond acceptors (Lipinski definition) is 8. The maximum atomic E-state index is 12.7. The predicted molar refractivity (Wildman–Crippen MR) is 125 cm³/mol. The van der Waals surface area contributed by atoms with Crippen molar-refractivity contribution in [3.05, 3.63) is 56.4 Å². The van der Waals surface area contributed by atoms with Gasteiger partial charge in [-0.05, 0) is 49.3 Å². The molecule has 0 aliphatic heterocycles. The Bertz CT molecular complexity index is 1280. The minimum Gasteiger partial charge on any atom is -0.330 e. The first kappa shape index (κ1) is 19.7. The van der Waals surface area contributed by atoms with Crippen LogP contribution in [0.4, 0.5) is 10.8 Å². The predicted octanol–water partition coefficient (Wildman–Crippen LogP) is 5.31. The van der Waals surface area contributed by atoms with E-state index in [1.165, 1.54) is 33.5 Å². The summed E-state index contributed by atoms with van der Waals surface area (Å²) in [6.45, 7) is 4.33. The second-order valence-corrected chi connectivity index (χ2v) is 10.9. The molecule has 5 rings (SSSR count). The molecule has 1 atom stereocenters. The summed E-state index contributed by atoms with van der Waals surface area (Å²) in [5, 5.41) is 13.4. The van der Waals surface area contributed by atoms with Crippen LogP contribution in [0.5, 0.6) is 0 Å². The second kappa shape index (κ2) is 8.13. The molecule has 1 aliphatic rings. The van der Waals surface area contributed by atoms with Gasteiger partial charge in [-0.25, -0.2) is 4.98 Å². The monoisotopic (exact) mass is 455 g/mol. The van der Waals surface area contributed by atoms with E-state index in [2.05, 4.69) is 40.4 Å². The minimum absolute atomic E-state index is 0.0122. The number of fused-ring (bicyclic) bond motifs is 3.